The monoisotopic (exact) mass is 868 g/mol. The van der Waals surface area contributed by atoms with Crippen LogP contribution in [0, 0.1) is 34.5 Å². The SMILES string of the molecule is C[C@H]1OC(O[C@H]2[C@@H](O)CC(O[C@H]3[C@@H](O)CC(O[C@H]4CC[C@@]5(C)[C@H](CC[C@@H]6[C@@H]5C[C@@H](O)[C@]5(C)[C@@H](C7=CC(=O)OC7)CC[C@]65O)C4)O[C@@H]3C)O[C@@H]2C)C[C@@H]2OC(c3ccccc3)O[C@@H]21. The molecule has 14 heteroatoms. The number of aliphatic hydroxyl groups excluding tert-OH is 3. The van der Waals surface area contributed by atoms with Crippen molar-refractivity contribution in [2.45, 2.75) is 203 Å². The molecule has 4 aliphatic carbocycles. The number of esters is 1. The second-order valence-electron chi connectivity index (χ2n) is 20.8. The Morgan fingerprint density at radius 2 is 1.35 bits per heavy atom. The summed E-state index contributed by atoms with van der Waals surface area (Å²) in [5.41, 5.74) is 0.0784. The molecule has 4 unspecified atom stereocenters. The summed E-state index contributed by atoms with van der Waals surface area (Å²) in [5, 5.41) is 47.3. The van der Waals surface area contributed by atoms with Crippen LogP contribution in [-0.4, -0.2) is 125 Å². The summed E-state index contributed by atoms with van der Waals surface area (Å²) in [5.74, 6) is 0.230. The average Bonchev–Trinajstić information content (AvgIpc) is 3.94. The first-order valence-corrected chi connectivity index (χ1v) is 23.6. The van der Waals surface area contributed by atoms with Gasteiger partial charge in [-0.05, 0) is 107 Å². The van der Waals surface area contributed by atoms with Crippen molar-refractivity contribution in [3.63, 3.8) is 0 Å². The first kappa shape index (κ1) is 43.8. The maximum absolute atomic E-state index is 12.6. The molecule has 10 rings (SSSR count). The van der Waals surface area contributed by atoms with Crippen LogP contribution in [0.1, 0.15) is 117 Å². The minimum absolute atomic E-state index is 0.0364. The topological polar surface area (TPSA) is 181 Å². The fourth-order valence-electron chi connectivity index (χ4n) is 14.2. The third kappa shape index (κ3) is 7.44. The van der Waals surface area contributed by atoms with Crippen LogP contribution in [0.5, 0.6) is 0 Å². The second-order valence-corrected chi connectivity index (χ2v) is 20.8. The van der Waals surface area contributed by atoms with Crippen LogP contribution in [0.25, 0.3) is 0 Å². The van der Waals surface area contributed by atoms with Crippen molar-refractivity contribution in [2.75, 3.05) is 6.61 Å². The molecule has 22 atom stereocenters. The summed E-state index contributed by atoms with van der Waals surface area (Å²) in [6.07, 6.45) is 0.944. The van der Waals surface area contributed by atoms with Crippen molar-refractivity contribution in [3.05, 3.63) is 47.5 Å². The van der Waals surface area contributed by atoms with Crippen LogP contribution < -0.4 is 0 Å². The Bertz CT molecular complexity index is 1790. The standard InChI is InChI=1S/C48H68O14/c1-24-42(60-40-21-35(50)43(25(2)56-40)61-41-22-36-44(26(3)57-41)62-45(59-36)27-9-7-6-8-10-27)34(49)20-39(55-24)58-30-13-15-46(4)29(18-30)11-12-32-33(46)19-37(51)47(5)31(14-16-48(32,47)53)28-17-38(52)54-23-28/h6-10,17,24-26,29-37,39-45,49-51,53H,11-16,18-23H2,1-5H3/t24-,25-,26-,29-,30+,31-,32-,33+,34+,35+,36+,37-,39?,40?,41?,42-,43-,44-,45?,46+,47+,48+/m1/s1. The third-order valence-electron chi connectivity index (χ3n) is 17.5. The maximum atomic E-state index is 12.6. The van der Waals surface area contributed by atoms with E-state index >= 15 is 0 Å². The summed E-state index contributed by atoms with van der Waals surface area (Å²) in [4.78, 5) is 12.0. The van der Waals surface area contributed by atoms with Gasteiger partial charge in [0, 0.05) is 36.3 Å². The van der Waals surface area contributed by atoms with Gasteiger partial charge in [0.1, 0.15) is 24.9 Å². The van der Waals surface area contributed by atoms with E-state index in [-0.39, 0.29) is 73.0 Å². The minimum Gasteiger partial charge on any atom is -0.458 e. The zero-order valence-electron chi connectivity index (χ0n) is 36.8. The van der Waals surface area contributed by atoms with Crippen LogP contribution >= 0.6 is 0 Å². The Labute approximate surface area is 364 Å². The van der Waals surface area contributed by atoms with Gasteiger partial charge in [-0.1, -0.05) is 44.2 Å². The molecule has 4 N–H and O–H groups in total. The number of cyclic esters (lactones) is 1. The number of aliphatic hydroxyl groups is 4. The molecule has 9 aliphatic rings. The number of carbonyl (C=O) groups excluding carboxylic acids is 1. The predicted molar refractivity (Wildman–Crippen MR) is 220 cm³/mol. The summed E-state index contributed by atoms with van der Waals surface area (Å²) >= 11 is 0. The van der Waals surface area contributed by atoms with Gasteiger partial charge >= 0.3 is 5.97 Å². The van der Waals surface area contributed by atoms with Gasteiger partial charge in [-0.3, -0.25) is 0 Å². The molecule has 0 amide bonds. The zero-order chi connectivity index (χ0) is 43.3. The van der Waals surface area contributed by atoms with E-state index in [1.807, 2.05) is 58.0 Å². The Balaban J connectivity index is 0.702. The van der Waals surface area contributed by atoms with Gasteiger partial charge in [0.2, 0.25) is 0 Å². The number of fused-ring (bicyclic) bond motifs is 6. The fraction of sp³-hybridized carbons (Fsp3) is 0.812. The van der Waals surface area contributed by atoms with Crippen LogP contribution in [0.2, 0.25) is 0 Å². The molecular weight excluding hydrogens is 801 g/mol. The van der Waals surface area contributed by atoms with Crippen molar-refractivity contribution in [3.8, 4) is 0 Å². The molecule has 5 heterocycles. The van der Waals surface area contributed by atoms with Crippen molar-refractivity contribution in [1.29, 1.82) is 0 Å². The van der Waals surface area contributed by atoms with Crippen molar-refractivity contribution in [1.82, 2.24) is 0 Å². The van der Waals surface area contributed by atoms with E-state index < -0.39 is 78.9 Å². The van der Waals surface area contributed by atoms with E-state index in [0.717, 1.165) is 49.7 Å². The van der Waals surface area contributed by atoms with Crippen molar-refractivity contribution >= 4 is 5.97 Å². The molecule has 0 bridgehead atoms. The van der Waals surface area contributed by atoms with Crippen LogP contribution in [0.15, 0.2) is 42.0 Å². The number of benzene rings is 1. The molecule has 62 heavy (non-hydrogen) atoms. The lowest BCUT2D eigenvalue weighted by Gasteiger charge is -2.65. The van der Waals surface area contributed by atoms with Crippen LogP contribution in [-0.2, 0) is 47.4 Å². The lowest BCUT2D eigenvalue weighted by atomic mass is 9.42. The highest BCUT2D eigenvalue weighted by atomic mass is 16.8. The van der Waals surface area contributed by atoms with E-state index in [0.29, 0.717) is 25.2 Å². The van der Waals surface area contributed by atoms with Gasteiger partial charge < -0.3 is 63.1 Å². The molecule has 8 fully saturated rings. The lowest BCUT2D eigenvalue weighted by Crippen LogP contribution is -2.67. The predicted octanol–water partition coefficient (Wildman–Crippen LogP) is 4.98. The van der Waals surface area contributed by atoms with Crippen molar-refractivity contribution < 1.29 is 67.9 Å². The molecule has 0 spiro atoms. The number of hydrogen-bond donors (Lipinski definition) is 4. The van der Waals surface area contributed by atoms with Gasteiger partial charge in [0.15, 0.2) is 25.2 Å². The van der Waals surface area contributed by atoms with Gasteiger partial charge in [-0.15, -0.1) is 0 Å². The molecule has 0 radical (unpaired) electrons. The first-order valence-electron chi connectivity index (χ1n) is 23.6. The van der Waals surface area contributed by atoms with Crippen molar-refractivity contribution in [2.24, 2.45) is 34.5 Å². The summed E-state index contributed by atoms with van der Waals surface area (Å²) in [6.45, 7) is 10.3. The van der Waals surface area contributed by atoms with Gasteiger partial charge in [0.25, 0.3) is 0 Å². The highest BCUT2D eigenvalue weighted by Gasteiger charge is 2.71. The van der Waals surface area contributed by atoms with Gasteiger partial charge in [0.05, 0.1) is 54.4 Å². The maximum Gasteiger partial charge on any atom is 0.331 e. The van der Waals surface area contributed by atoms with E-state index in [1.54, 1.807) is 6.08 Å². The van der Waals surface area contributed by atoms with E-state index in [9.17, 15) is 25.2 Å². The fourth-order valence-corrected chi connectivity index (χ4v) is 14.2. The van der Waals surface area contributed by atoms with Crippen LogP contribution in [0.4, 0.5) is 0 Å². The molecule has 5 aliphatic heterocycles. The second kappa shape index (κ2) is 16.7. The largest absolute Gasteiger partial charge is 0.458 e. The molecule has 4 saturated carbocycles. The summed E-state index contributed by atoms with van der Waals surface area (Å²) < 4.78 is 55.9. The van der Waals surface area contributed by atoms with E-state index in [4.69, 9.17) is 42.6 Å². The normalized spacial score (nSPS) is 52.6. The van der Waals surface area contributed by atoms with E-state index in [1.165, 1.54) is 0 Å². The number of ether oxygens (including phenoxy) is 9. The Kier molecular flexibility index (Phi) is 11.8. The average molecular weight is 869 g/mol. The van der Waals surface area contributed by atoms with Gasteiger partial charge in [-0.25, -0.2) is 4.79 Å². The molecule has 0 aromatic heterocycles. The highest BCUT2D eigenvalue weighted by Crippen LogP contribution is 2.70. The molecule has 344 valence electrons. The smallest absolute Gasteiger partial charge is 0.331 e. The van der Waals surface area contributed by atoms with Crippen LogP contribution in [0.3, 0.4) is 0 Å². The molecular formula is C48H68O14. The summed E-state index contributed by atoms with van der Waals surface area (Å²) in [6, 6.07) is 9.83. The number of rotatable bonds is 8. The van der Waals surface area contributed by atoms with Gasteiger partial charge in [-0.2, -0.15) is 0 Å². The highest BCUT2D eigenvalue weighted by molar-refractivity contribution is 5.85. The zero-order valence-corrected chi connectivity index (χ0v) is 36.8. The molecule has 1 aromatic rings. The quantitative estimate of drug-likeness (QED) is 0.203. The summed E-state index contributed by atoms with van der Waals surface area (Å²) in [7, 11) is 0. The molecule has 1 aromatic carbocycles. The first-order chi connectivity index (χ1) is 29.6. The third-order valence-corrected chi connectivity index (χ3v) is 17.5. The minimum atomic E-state index is -1.01. The van der Waals surface area contributed by atoms with E-state index in [2.05, 4.69) is 6.92 Å². The lowest BCUT2D eigenvalue weighted by molar-refractivity contribution is -0.334. The number of hydrogen-bond acceptors (Lipinski definition) is 14. The molecule has 4 saturated heterocycles. The Morgan fingerprint density at radius 3 is 2.02 bits per heavy atom. The Hall–Kier alpha value is -2.05. The number of carbonyl (C=O) groups is 1. The molecule has 14 nitrogen and oxygen atoms in total. The Morgan fingerprint density at radius 1 is 0.694 bits per heavy atom.